The van der Waals surface area contributed by atoms with E-state index in [0.29, 0.717) is 4.48 Å². The summed E-state index contributed by atoms with van der Waals surface area (Å²) in [6.07, 6.45) is 16.7. The second kappa shape index (κ2) is 8.48. The van der Waals surface area contributed by atoms with Gasteiger partial charge in [0.2, 0.25) is 0 Å². The fraction of sp³-hybridized carbons (Fsp3) is 0.333. The predicted molar refractivity (Wildman–Crippen MR) is 61.5 cm³/mol. The Kier molecular flexibility index (Phi) is 9.30. The number of nitrogens with zero attached hydrogens (tertiary/aromatic N) is 1. The quantitative estimate of drug-likeness (QED) is 0.628. The van der Waals surface area contributed by atoms with Gasteiger partial charge in [0.25, 0.3) is 0 Å². The normalized spacial score (nSPS) is 16.9. The smallest absolute Gasteiger partial charge is 0.105 e. The Bertz CT molecular complexity index is 183. The molecule has 0 saturated heterocycles. The second-order valence-electron chi connectivity index (χ2n) is 2.82. The third-order valence-corrected chi connectivity index (χ3v) is 1.63. The molecule has 80 valence electrons. The maximum absolute atomic E-state index is 2.12. The van der Waals surface area contributed by atoms with Crippen molar-refractivity contribution in [2.24, 2.45) is 0 Å². The summed E-state index contributed by atoms with van der Waals surface area (Å²) in [7, 11) is 0. The van der Waals surface area contributed by atoms with Gasteiger partial charge in [-0.3, -0.25) is 0 Å². The average molecular weight is 195 g/mol. The lowest BCUT2D eigenvalue weighted by molar-refractivity contribution is -0.714. The Labute approximate surface area is 87.4 Å². The van der Waals surface area contributed by atoms with Crippen LogP contribution in [-0.2, 0) is 0 Å². The SMILES string of the molecule is CC=C[N+](C=CC)(C=CC)C=CC.[OH-]. The van der Waals surface area contributed by atoms with Crippen molar-refractivity contribution < 1.29 is 9.96 Å². The second-order valence-corrected chi connectivity index (χ2v) is 2.82. The van der Waals surface area contributed by atoms with Crippen molar-refractivity contribution in [2.45, 2.75) is 27.7 Å². The molecule has 0 atom stereocenters. The molecular formula is C12H21NO. The molecule has 0 aromatic rings. The molecular weight excluding hydrogens is 174 g/mol. The van der Waals surface area contributed by atoms with Crippen molar-refractivity contribution >= 4 is 0 Å². The first-order valence-corrected chi connectivity index (χ1v) is 4.68. The minimum Gasteiger partial charge on any atom is -0.870 e. The molecule has 2 nitrogen and oxygen atoms in total. The molecule has 2 heteroatoms. The summed E-state index contributed by atoms with van der Waals surface area (Å²) in [5, 5.41) is 0. The van der Waals surface area contributed by atoms with Crippen LogP contribution in [0.25, 0.3) is 0 Å². The van der Waals surface area contributed by atoms with E-state index in [9.17, 15) is 0 Å². The van der Waals surface area contributed by atoms with Crippen molar-refractivity contribution in [3.05, 3.63) is 49.1 Å². The van der Waals surface area contributed by atoms with E-state index in [4.69, 9.17) is 0 Å². The first-order valence-electron chi connectivity index (χ1n) is 4.68. The van der Waals surface area contributed by atoms with Crippen LogP contribution < -0.4 is 0 Å². The zero-order chi connectivity index (χ0) is 10.2. The van der Waals surface area contributed by atoms with Gasteiger partial charge in [0, 0.05) is 0 Å². The van der Waals surface area contributed by atoms with Crippen molar-refractivity contribution in [3.8, 4) is 0 Å². The molecule has 14 heavy (non-hydrogen) atoms. The summed E-state index contributed by atoms with van der Waals surface area (Å²) in [5.41, 5.74) is 0. The van der Waals surface area contributed by atoms with E-state index in [1.54, 1.807) is 0 Å². The molecule has 0 aliphatic heterocycles. The molecule has 0 rings (SSSR count). The fourth-order valence-electron chi connectivity index (χ4n) is 1.33. The van der Waals surface area contributed by atoms with Gasteiger partial charge in [0.05, 0.1) is 0 Å². The number of rotatable bonds is 4. The highest BCUT2D eigenvalue weighted by Gasteiger charge is 2.12. The molecule has 0 fully saturated rings. The number of hydrogen-bond donors (Lipinski definition) is 0. The summed E-state index contributed by atoms with van der Waals surface area (Å²) < 4.78 is 0.653. The molecule has 1 N–H and O–H groups in total. The van der Waals surface area contributed by atoms with Crippen LogP contribution in [0, 0.1) is 0 Å². The molecule has 0 radical (unpaired) electrons. The highest BCUT2D eigenvalue weighted by atomic mass is 16.0. The van der Waals surface area contributed by atoms with Crippen LogP contribution >= 0.6 is 0 Å². The Morgan fingerprint density at radius 2 is 0.786 bits per heavy atom. The van der Waals surface area contributed by atoms with Gasteiger partial charge in [-0.15, -0.1) is 0 Å². The summed E-state index contributed by atoms with van der Waals surface area (Å²) in [6.45, 7) is 8.12. The summed E-state index contributed by atoms with van der Waals surface area (Å²) >= 11 is 0. The van der Waals surface area contributed by atoms with E-state index in [1.165, 1.54) is 0 Å². The number of quaternary nitrogens is 1. The zero-order valence-electron chi connectivity index (χ0n) is 9.51. The van der Waals surface area contributed by atoms with Gasteiger partial charge < -0.3 is 5.48 Å². The minimum absolute atomic E-state index is 0. The van der Waals surface area contributed by atoms with Gasteiger partial charge in [-0.25, -0.2) is 4.48 Å². The fourth-order valence-corrected chi connectivity index (χ4v) is 1.33. The van der Waals surface area contributed by atoms with E-state index in [-0.39, 0.29) is 5.48 Å². The minimum atomic E-state index is 0. The van der Waals surface area contributed by atoms with Gasteiger partial charge in [0.1, 0.15) is 24.8 Å². The Balaban J connectivity index is 0. The lowest BCUT2D eigenvalue weighted by Crippen LogP contribution is -2.22. The van der Waals surface area contributed by atoms with E-state index < -0.39 is 0 Å². The summed E-state index contributed by atoms with van der Waals surface area (Å²) in [5.74, 6) is 0. The van der Waals surface area contributed by atoms with Crippen LogP contribution in [-0.4, -0.2) is 9.96 Å². The lowest BCUT2D eigenvalue weighted by Gasteiger charge is -2.20. The highest BCUT2D eigenvalue weighted by Crippen LogP contribution is 2.13. The Hall–Kier alpha value is -1.12. The average Bonchev–Trinajstić information content (AvgIpc) is 2.06. The summed E-state index contributed by atoms with van der Waals surface area (Å²) in [6, 6.07) is 0. The van der Waals surface area contributed by atoms with Crippen molar-refractivity contribution in [3.63, 3.8) is 0 Å². The van der Waals surface area contributed by atoms with Gasteiger partial charge in [0.15, 0.2) is 0 Å². The molecule has 0 heterocycles. The van der Waals surface area contributed by atoms with Gasteiger partial charge in [-0.1, -0.05) is 0 Å². The topological polar surface area (TPSA) is 30.0 Å². The molecule has 0 spiro atoms. The Morgan fingerprint density at radius 1 is 0.571 bits per heavy atom. The van der Waals surface area contributed by atoms with E-state index in [2.05, 4.69) is 49.1 Å². The van der Waals surface area contributed by atoms with Crippen LogP contribution in [0.2, 0.25) is 0 Å². The lowest BCUT2D eigenvalue weighted by atomic mass is 10.4. The monoisotopic (exact) mass is 195 g/mol. The van der Waals surface area contributed by atoms with Crippen molar-refractivity contribution in [1.82, 2.24) is 0 Å². The maximum atomic E-state index is 2.12. The van der Waals surface area contributed by atoms with Gasteiger partial charge in [-0.05, 0) is 52.0 Å². The van der Waals surface area contributed by atoms with Crippen LogP contribution in [0.5, 0.6) is 0 Å². The van der Waals surface area contributed by atoms with E-state index in [0.717, 1.165) is 0 Å². The van der Waals surface area contributed by atoms with E-state index in [1.807, 2.05) is 27.7 Å². The molecule has 0 saturated carbocycles. The number of hydrogen-bond acceptors (Lipinski definition) is 1. The molecule has 0 aromatic carbocycles. The molecule has 0 aliphatic rings. The third-order valence-electron chi connectivity index (χ3n) is 1.63. The van der Waals surface area contributed by atoms with Crippen molar-refractivity contribution in [1.29, 1.82) is 0 Å². The third kappa shape index (κ3) is 4.80. The van der Waals surface area contributed by atoms with Crippen molar-refractivity contribution in [2.75, 3.05) is 0 Å². The molecule has 0 bridgehead atoms. The molecule has 0 amide bonds. The standard InChI is InChI=1S/C12H20N.H2O/c1-5-9-13(10-6-2,11-7-3)12-8-4;/h5-12H,1-4H3;1H2/q+1;/p-1. The maximum Gasteiger partial charge on any atom is 0.105 e. The van der Waals surface area contributed by atoms with E-state index >= 15 is 0 Å². The predicted octanol–water partition coefficient (Wildman–Crippen LogP) is 3.76. The molecule has 0 aliphatic carbocycles. The van der Waals surface area contributed by atoms with Crippen LogP contribution in [0.4, 0.5) is 0 Å². The highest BCUT2D eigenvalue weighted by molar-refractivity contribution is 4.90. The zero-order valence-corrected chi connectivity index (χ0v) is 9.51. The van der Waals surface area contributed by atoms with Crippen LogP contribution in [0.15, 0.2) is 49.1 Å². The summed E-state index contributed by atoms with van der Waals surface area (Å²) in [4.78, 5) is 0. The molecule has 0 unspecified atom stereocenters. The largest absolute Gasteiger partial charge is 0.870 e. The van der Waals surface area contributed by atoms with Crippen LogP contribution in [0.3, 0.4) is 0 Å². The number of allylic oxidation sites excluding steroid dienone is 4. The Morgan fingerprint density at radius 3 is 0.929 bits per heavy atom. The van der Waals surface area contributed by atoms with Crippen LogP contribution in [0.1, 0.15) is 27.7 Å². The van der Waals surface area contributed by atoms with Gasteiger partial charge >= 0.3 is 0 Å². The first kappa shape index (κ1) is 15.4. The van der Waals surface area contributed by atoms with Gasteiger partial charge in [-0.2, -0.15) is 0 Å². The first-order chi connectivity index (χ1) is 6.24. The molecule has 0 aromatic heterocycles.